The van der Waals surface area contributed by atoms with Crippen LogP contribution in [0.25, 0.3) is 0 Å². The van der Waals surface area contributed by atoms with Crippen LogP contribution >= 0.6 is 11.3 Å². The van der Waals surface area contributed by atoms with Gasteiger partial charge in [0, 0.05) is 5.69 Å². The average molecular weight is 263 g/mol. The van der Waals surface area contributed by atoms with Crippen LogP contribution in [0.3, 0.4) is 0 Å². The molecule has 0 saturated heterocycles. The molecule has 0 aromatic carbocycles. The van der Waals surface area contributed by atoms with Crippen LogP contribution in [0.2, 0.25) is 0 Å². The summed E-state index contributed by atoms with van der Waals surface area (Å²) in [5.41, 5.74) is 3.67. The van der Waals surface area contributed by atoms with Gasteiger partial charge in [0.1, 0.15) is 5.00 Å². The van der Waals surface area contributed by atoms with Crippen LogP contribution in [-0.4, -0.2) is 22.5 Å². The molecule has 2 rings (SSSR count). The molecule has 0 saturated carbocycles. The lowest BCUT2D eigenvalue weighted by Crippen LogP contribution is -2.07. The number of carbonyl (C=O) groups is 1. The van der Waals surface area contributed by atoms with E-state index in [1.165, 1.54) is 11.3 Å². The van der Waals surface area contributed by atoms with Gasteiger partial charge < -0.3 is 10.1 Å². The quantitative estimate of drug-likeness (QED) is 0.859. The molecule has 1 N–H and O–H groups in total. The predicted molar refractivity (Wildman–Crippen MR) is 70.3 cm³/mol. The van der Waals surface area contributed by atoms with E-state index < -0.39 is 5.97 Å². The van der Waals surface area contributed by atoms with Crippen molar-refractivity contribution in [1.82, 2.24) is 9.97 Å². The van der Waals surface area contributed by atoms with Gasteiger partial charge in [0.25, 0.3) is 0 Å². The van der Waals surface area contributed by atoms with Gasteiger partial charge >= 0.3 is 5.97 Å². The maximum atomic E-state index is 11.6. The molecule has 0 amide bonds. The standard InChI is InChI=1S/C12H13N3O2S/c1-3-17-12(16)10-11(18-7-14-10)15-9-5-4-8(2)13-6-9/h4-7,15H,3H2,1-2H3. The third-order valence-corrected chi connectivity index (χ3v) is 2.95. The number of aromatic nitrogens is 2. The summed E-state index contributed by atoms with van der Waals surface area (Å²) >= 11 is 1.35. The zero-order valence-electron chi connectivity index (χ0n) is 10.1. The number of ether oxygens (including phenoxy) is 1. The van der Waals surface area contributed by atoms with Crippen molar-refractivity contribution in [1.29, 1.82) is 0 Å². The van der Waals surface area contributed by atoms with Crippen molar-refractivity contribution in [2.24, 2.45) is 0 Å². The van der Waals surface area contributed by atoms with Gasteiger partial charge in [-0.25, -0.2) is 9.78 Å². The number of nitrogens with zero attached hydrogens (tertiary/aromatic N) is 2. The van der Waals surface area contributed by atoms with Gasteiger partial charge in [-0.15, -0.1) is 11.3 Å². The maximum Gasteiger partial charge on any atom is 0.360 e. The summed E-state index contributed by atoms with van der Waals surface area (Å²) in [6.07, 6.45) is 1.71. The number of rotatable bonds is 4. The van der Waals surface area contributed by atoms with Gasteiger partial charge in [-0.1, -0.05) is 0 Å². The fraction of sp³-hybridized carbons (Fsp3) is 0.250. The molecule has 0 aliphatic carbocycles. The first-order chi connectivity index (χ1) is 8.70. The van der Waals surface area contributed by atoms with Crippen LogP contribution in [0.1, 0.15) is 23.1 Å². The second-order valence-corrected chi connectivity index (χ2v) is 4.42. The van der Waals surface area contributed by atoms with E-state index in [4.69, 9.17) is 4.74 Å². The monoisotopic (exact) mass is 263 g/mol. The topological polar surface area (TPSA) is 64.1 Å². The van der Waals surface area contributed by atoms with Crippen LogP contribution < -0.4 is 5.32 Å². The molecule has 0 unspecified atom stereocenters. The number of thiazole rings is 1. The summed E-state index contributed by atoms with van der Waals surface area (Å²) in [6, 6.07) is 3.80. The van der Waals surface area contributed by atoms with Crippen molar-refractivity contribution >= 4 is 28.0 Å². The van der Waals surface area contributed by atoms with Gasteiger partial charge in [0.2, 0.25) is 0 Å². The number of pyridine rings is 1. The fourth-order valence-electron chi connectivity index (χ4n) is 1.35. The second kappa shape index (κ2) is 5.59. The van der Waals surface area contributed by atoms with E-state index in [0.29, 0.717) is 17.3 Å². The van der Waals surface area contributed by atoms with Crippen molar-refractivity contribution in [3.63, 3.8) is 0 Å². The Morgan fingerprint density at radius 1 is 1.44 bits per heavy atom. The van der Waals surface area contributed by atoms with E-state index in [9.17, 15) is 4.79 Å². The van der Waals surface area contributed by atoms with Crippen LogP contribution in [-0.2, 0) is 4.74 Å². The van der Waals surface area contributed by atoms with E-state index in [2.05, 4.69) is 15.3 Å². The second-order valence-electron chi connectivity index (χ2n) is 3.56. The van der Waals surface area contributed by atoms with Gasteiger partial charge in [0.05, 0.1) is 24.0 Å². The van der Waals surface area contributed by atoms with Crippen molar-refractivity contribution in [3.8, 4) is 0 Å². The molecule has 0 fully saturated rings. The average Bonchev–Trinajstić information content (AvgIpc) is 2.81. The first-order valence-electron chi connectivity index (χ1n) is 5.51. The fourth-order valence-corrected chi connectivity index (χ4v) is 2.04. The van der Waals surface area contributed by atoms with Crippen LogP contribution in [0.15, 0.2) is 23.8 Å². The van der Waals surface area contributed by atoms with E-state index in [-0.39, 0.29) is 0 Å². The summed E-state index contributed by atoms with van der Waals surface area (Å²) < 4.78 is 4.93. The molecule has 94 valence electrons. The van der Waals surface area contributed by atoms with E-state index in [1.807, 2.05) is 19.1 Å². The van der Waals surface area contributed by atoms with E-state index >= 15 is 0 Å². The smallest absolute Gasteiger partial charge is 0.360 e. The summed E-state index contributed by atoms with van der Waals surface area (Å²) in [6.45, 7) is 4.02. The Kier molecular flexibility index (Phi) is 3.88. The number of hydrogen-bond acceptors (Lipinski definition) is 6. The number of aryl methyl sites for hydroxylation is 1. The SMILES string of the molecule is CCOC(=O)c1ncsc1Nc1ccc(C)nc1. The van der Waals surface area contributed by atoms with Crippen LogP contribution in [0.5, 0.6) is 0 Å². The van der Waals surface area contributed by atoms with E-state index in [1.54, 1.807) is 18.6 Å². The van der Waals surface area contributed by atoms with Crippen LogP contribution in [0, 0.1) is 6.92 Å². The zero-order chi connectivity index (χ0) is 13.0. The van der Waals surface area contributed by atoms with Gasteiger partial charge in [-0.05, 0) is 26.0 Å². The minimum Gasteiger partial charge on any atom is -0.461 e. The minimum atomic E-state index is -0.415. The summed E-state index contributed by atoms with van der Waals surface area (Å²) in [5, 5.41) is 3.78. The minimum absolute atomic E-state index is 0.308. The van der Waals surface area contributed by atoms with E-state index in [0.717, 1.165) is 11.4 Å². The Balaban J connectivity index is 2.17. The van der Waals surface area contributed by atoms with Gasteiger partial charge in [0.15, 0.2) is 5.69 Å². The normalized spacial score (nSPS) is 10.1. The number of carbonyl (C=O) groups excluding carboxylic acids is 1. The number of hydrogen-bond donors (Lipinski definition) is 1. The molecule has 0 aliphatic heterocycles. The van der Waals surface area contributed by atoms with Gasteiger partial charge in [-0.3, -0.25) is 4.98 Å². The van der Waals surface area contributed by atoms with Crippen molar-refractivity contribution in [3.05, 3.63) is 35.2 Å². The molecule has 0 radical (unpaired) electrons. The summed E-state index contributed by atoms with van der Waals surface area (Å²) in [7, 11) is 0. The first-order valence-corrected chi connectivity index (χ1v) is 6.39. The third kappa shape index (κ3) is 2.84. The Bertz CT molecular complexity index is 537. The highest BCUT2D eigenvalue weighted by molar-refractivity contribution is 7.14. The molecular weight excluding hydrogens is 250 g/mol. The number of anilines is 2. The van der Waals surface area contributed by atoms with Crippen molar-refractivity contribution in [2.45, 2.75) is 13.8 Å². The molecule has 5 nitrogen and oxygen atoms in total. The molecule has 2 heterocycles. The third-order valence-electron chi connectivity index (χ3n) is 2.21. The number of nitrogens with one attached hydrogen (secondary N) is 1. The largest absolute Gasteiger partial charge is 0.461 e. The van der Waals surface area contributed by atoms with Crippen molar-refractivity contribution in [2.75, 3.05) is 11.9 Å². The highest BCUT2D eigenvalue weighted by atomic mass is 32.1. The Labute approximate surface area is 109 Å². The molecule has 6 heteroatoms. The van der Waals surface area contributed by atoms with Crippen molar-refractivity contribution < 1.29 is 9.53 Å². The molecule has 0 atom stereocenters. The molecule has 0 aliphatic rings. The zero-order valence-corrected chi connectivity index (χ0v) is 11.0. The Morgan fingerprint density at radius 2 is 2.28 bits per heavy atom. The summed E-state index contributed by atoms with van der Waals surface area (Å²) in [5.74, 6) is -0.415. The highest BCUT2D eigenvalue weighted by Crippen LogP contribution is 2.25. The lowest BCUT2D eigenvalue weighted by Gasteiger charge is -2.05. The Hall–Kier alpha value is -1.95. The van der Waals surface area contributed by atoms with Crippen LogP contribution in [0.4, 0.5) is 10.7 Å². The predicted octanol–water partition coefficient (Wildman–Crippen LogP) is 2.77. The highest BCUT2D eigenvalue weighted by Gasteiger charge is 2.16. The lowest BCUT2D eigenvalue weighted by atomic mass is 10.3. The molecule has 2 aromatic heterocycles. The molecule has 2 aromatic rings. The lowest BCUT2D eigenvalue weighted by molar-refractivity contribution is 0.0521. The Morgan fingerprint density at radius 3 is 2.94 bits per heavy atom. The first kappa shape index (κ1) is 12.5. The molecule has 0 spiro atoms. The molecular formula is C12H13N3O2S. The van der Waals surface area contributed by atoms with Gasteiger partial charge in [-0.2, -0.15) is 0 Å². The maximum absolute atomic E-state index is 11.6. The molecule has 0 bridgehead atoms. The molecule has 18 heavy (non-hydrogen) atoms. The summed E-state index contributed by atoms with van der Waals surface area (Å²) in [4.78, 5) is 19.8. The number of esters is 1.